The molecule has 3 heterocycles. The Balaban J connectivity index is 1.48. The highest BCUT2D eigenvalue weighted by Gasteiger charge is 2.19. The van der Waals surface area contributed by atoms with E-state index in [1.807, 2.05) is 38.1 Å². The number of nitrogens with zero attached hydrogens (tertiary/aromatic N) is 4. The van der Waals surface area contributed by atoms with Gasteiger partial charge in [0.15, 0.2) is 11.6 Å². The van der Waals surface area contributed by atoms with Crippen LogP contribution in [0.2, 0.25) is 0 Å². The normalized spacial score (nSPS) is 16.5. The predicted octanol–water partition coefficient (Wildman–Crippen LogP) is 0.853. The third kappa shape index (κ3) is 5.86. The van der Waals surface area contributed by atoms with Crippen molar-refractivity contribution in [2.45, 2.75) is 32.9 Å². The van der Waals surface area contributed by atoms with Gasteiger partial charge in [-0.1, -0.05) is 19.9 Å². The van der Waals surface area contributed by atoms with Gasteiger partial charge in [0.05, 0.1) is 38.4 Å². The van der Waals surface area contributed by atoms with Crippen LogP contribution in [-0.4, -0.2) is 60.3 Å². The lowest BCUT2D eigenvalue weighted by Crippen LogP contribution is -2.43. The summed E-state index contributed by atoms with van der Waals surface area (Å²) in [6.07, 6.45) is 2.04. The van der Waals surface area contributed by atoms with Crippen LogP contribution < -0.4 is 26.7 Å². The van der Waals surface area contributed by atoms with E-state index in [-0.39, 0.29) is 24.3 Å². The van der Waals surface area contributed by atoms with E-state index >= 15 is 0 Å². The molecule has 2 amide bonds. The number of rotatable bonds is 8. The molecular formula is C23H30N8O3. The number of morpholine rings is 1. The lowest BCUT2D eigenvalue weighted by atomic mass is 10.1. The summed E-state index contributed by atoms with van der Waals surface area (Å²) < 4.78 is 5.44. The number of hydrogen-bond acceptors (Lipinski definition) is 9. The number of fused-ring (bicyclic) bond motifs is 1. The molecule has 1 fully saturated rings. The van der Waals surface area contributed by atoms with Crippen LogP contribution in [0.5, 0.6) is 0 Å². The molecular weight excluding hydrogens is 436 g/mol. The van der Waals surface area contributed by atoms with Crippen molar-refractivity contribution < 1.29 is 14.3 Å². The zero-order valence-corrected chi connectivity index (χ0v) is 19.4. The largest absolute Gasteiger partial charge is 0.378 e. The molecule has 5 N–H and O–H groups in total. The lowest BCUT2D eigenvalue weighted by Gasteiger charge is -2.28. The van der Waals surface area contributed by atoms with Gasteiger partial charge in [-0.05, 0) is 29.2 Å². The molecule has 1 aromatic heterocycles. The molecule has 1 saturated heterocycles. The van der Waals surface area contributed by atoms with Crippen molar-refractivity contribution in [2.24, 2.45) is 16.8 Å². The first-order valence-corrected chi connectivity index (χ1v) is 11.3. The van der Waals surface area contributed by atoms with Crippen molar-refractivity contribution in [1.29, 1.82) is 0 Å². The van der Waals surface area contributed by atoms with Crippen LogP contribution >= 0.6 is 0 Å². The SMILES string of the molecule is CC(C)C(N)C(=O)NCc1nc(N/N=C/c2ccc3c(c2)CC(=O)N3)cc(N2CCOCC2)n1. The highest BCUT2D eigenvalue weighted by Crippen LogP contribution is 2.23. The van der Waals surface area contributed by atoms with E-state index in [9.17, 15) is 9.59 Å². The Labute approximate surface area is 198 Å². The van der Waals surface area contributed by atoms with E-state index in [1.54, 1.807) is 6.21 Å². The number of hydrazone groups is 1. The van der Waals surface area contributed by atoms with Gasteiger partial charge in [-0.25, -0.2) is 9.97 Å². The number of amides is 2. The molecule has 0 radical (unpaired) electrons. The number of ether oxygens (including phenoxy) is 1. The van der Waals surface area contributed by atoms with Gasteiger partial charge in [-0.15, -0.1) is 0 Å². The first kappa shape index (κ1) is 23.6. The minimum absolute atomic E-state index is 0.00666. The summed E-state index contributed by atoms with van der Waals surface area (Å²) in [5.74, 6) is 1.47. The van der Waals surface area contributed by atoms with Crippen molar-refractivity contribution in [3.05, 3.63) is 41.2 Å². The summed E-state index contributed by atoms with van der Waals surface area (Å²) in [7, 11) is 0. The van der Waals surface area contributed by atoms with Crippen molar-refractivity contribution in [3.8, 4) is 0 Å². The number of nitrogens with two attached hydrogens (primary N) is 1. The van der Waals surface area contributed by atoms with Crippen molar-refractivity contribution in [3.63, 3.8) is 0 Å². The Kier molecular flexibility index (Phi) is 7.33. The Morgan fingerprint density at radius 1 is 1.29 bits per heavy atom. The van der Waals surface area contributed by atoms with Gasteiger partial charge in [-0.3, -0.25) is 15.0 Å². The Morgan fingerprint density at radius 2 is 2.09 bits per heavy atom. The second-order valence-corrected chi connectivity index (χ2v) is 8.63. The van der Waals surface area contributed by atoms with E-state index in [2.05, 4.69) is 36.0 Å². The lowest BCUT2D eigenvalue weighted by molar-refractivity contribution is -0.123. The highest BCUT2D eigenvalue weighted by molar-refractivity contribution is 6.00. The monoisotopic (exact) mass is 466 g/mol. The van der Waals surface area contributed by atoms with Gasteiger partial charge in [0, 0.05) is 24.8 Å². The van der Waals surface area contributed by atoms with Gasteiger partial charge in [-0.2, -0.15) is 5.10 Å². The third-order valence-electron chi connectivity index (χ3n) is 5.68. The number of anilines is 3. The Bertz CT molecular complexity index is 1080. The van der Waals surface area contributed by atoms with Gasteiger partial charge in [0.1, 0.15) is 5.82 Å². The quantitative estimate of drug-likeness (QED) is 0.331. The summed E-state index contributed by atoms with van der Waals surface area (Å²) in [5.41, 5.74) is 11.5. The maximum Gasteiger partial charge on any atom is 0.237 e. The van der Waals surface area contributed by atoms with E-state index in [4.69, 9.17) is 10.5 Å². The number of nitrogens with one attached hydrogen (secondary N) is 3. The smallest absolute Gasteiger partial charge is 0.237 e. The fraction of sp³-hybridized carbons (Fsp3) is 0.435. The van der Waals surface area contributed by atoms with Gasteiger partial charge >= 0.3 is 0 Å². The summed E-state index contributed by atoms with van der Waals surface area (Å²) >= 11 is 0. The summed E-state index contributed by atoms with van der Waals surface area (Å²) in [5, 5.41) is 9.94. The Hall–Kier alpha value is -3.57. The fourth-order valence-corrected chi connectivity index (χ4v) is 3.66. The second kappa shape index (κ2) is 10.6. The second-order valence-electron chi connectivity index (χ2n) is 8.63. The number of hydrogen-bond donors (Lipinski definition) is 4. The molecule has 11 nitrogen and oxygen atoms in total. The topological polar surface area (TPSA) is 147 Å². The fourth-order valence-electron chi connectivity index (χ4n) is 3.66. The van der Waals surface area contributed by atoms with Crippen LogP contribution in [0.3, 0.4) is 0 Å². The van der Waals surface area contributed by atoms with Crippen LogP contribution in [0.15, 0.2) is 29.4 Å². The zero-order valence-electron chi connectivity index (χ0n) is 19.4. The van der Waals surface area contributed by atoms with Gasteiger partial charge in [0.2, 0.25) is 11.8 Å². The average Bonchev–Trinajstić information content (AvgIpc) is 3.21. The molecule has 0 bridgehead atoms. The van der Waals surface area contributed by atoms with E-state index < -0.39 is 6.04 Å². The molecule has 1 aromatic carbocycles. The molecule has 11 heteroatoms. The minimum Gasteiger partial charge on any atom is -0.378 e. The maximum absolute atomic E-state index is 12.3. The standard InChI is InChI=1S/C23H30N8O3/c1-14(2)22(24)23(33)25-13-19-28-18(11-20(29-19)31-5-7-34-8-6-31)30-26-12-15-3-4-17-16(9-15)10-21(32)27-17/h3-4,9,11-12,14,22H,5-8,10,13,24H2,1-2H3,(H,25,33)(H,27,32)(H,28,29,30)/b26-12+. The minimum atomic E-state index is -0.595. The predicted molar refractivity (Wildman–Crippen MR) is 130 cm³/mol. The molecule has 0 aliphatic carbocycles. The molecule has 2 aromatic rings. The third-order valence-corrected chi connectivity index (χ3v) is 5.68. The molecule has 1 unspecified atom stereocenters. The van der Waals surface area contributed by atoms with Crippen LogP contribution in [0, 0.1) is 5.92 Å². The highest BCUT2D eigenvalue weighted by atomic mass is 16.5. The summed E-state index contributed by atoms with van der Waals surface area (Å²) in [6.45, 7) is 6.62. The van der Waals surface area contributed by atoms with Crippen molar-refractivity contribution >= 4 is 35.4 Å². The molecule has 34 heavy (non-hydrogen) atoms. The van der Waals surface area contributed by atoms with Gasteiger partial charge in [0.25, 0.3) is 0 Å². The van der Waals surface area contributed by atoms with E-state index in [1.165, 1.54) is 0 Å². The first-order valence-electron chi connectivity index (χ1n) is 11.3. The van der Waals surface area contributed by atoms with Crippen LogP contribution in [0.25, 0.3) is 0 Å². The van der Waals surface area contributed by atoms with Crippen molar-refractivity contribution in [2.75, 3.05) is 41.9 Å². The molecule has 180 valence electrons. The Morgan fingerprint density at radius 3 is 2.85 bits per heavy atom. The average molecular weight is 467 g/mol. The van der Waals surface area contributed by atoms with Crippen LogP contribution in [0.4, 0.5) is 17.3 Å². The number of aromatic nitrogens is 2. The first-order chi connectivity index (χ1) is 16.4. The number of carbonyl (C=O) groups is 2. The zero-order chi connectivity index (χ0) is 24.1. The number of benzene rings is 1. The molecule has 2 aliphatic heterocycles. The number of carbonyl (C=O) groups excluding carboxylic acids is 2. The van der Waals surface area contributed by atoms with Crippen LogP contribution in [0.1, 0.15) is 30.8 Å². The summed E-state index contributed by atoms with van der Waals surface area (Å²) in [4.78, 5) is 35.1. The van der Waals surface area contributed by atoms with E-state index in [0.717, 1.165) is 22.6 Å². The van der Waals surface area contributed by atoms with Gasteiger partial charge < -0.3 is 26.0 Å². The van der Waals surface area contributed by atoms with Crippen molar-refractivity contribution in [1.82, 2.24) is 15.3 Å². The summed E-state index contributed by atoms with van der Waals surface area (Å²) in [6, 6.07) is 6.90. The van der Waals surface area contributed by atoms with Crippen LogP contribution in [-0.2, 0) is 27.3 Å². The molecule has 2 aliphatic rings. The maximum atomic E-state index is 12.3. The molecule has 4 rings (SSSR count). The molecule has 0 saturated carbocycles. The molecule has 0 spiro atoms. The van der Waals surface area contributed by atoms with E-state index in [0.29, 0.717) is 44.4 Å². The molecule has 1 atom stereocenters.